The largest absolute Gasteiger partial charge is 0.347 e. The zero-order valence-electron chi connectivity index (χ0n) is 14.2. The lowest BCUT2D eigenvalue weighted by atomic mass is 10.0. The number of likely N-dealkylation sites (tertiary alicyclic amines) is 1. The van der Waals surface area contributed by atoms with Gasteiger partial charge in [-0.25, -0.2) is 9.97 Å². The summed E-state index contributed by atoms with van der Waals surface area (Å²) in [5, 5.41) is 3.47. The maximum atomic E-state index is 12.1. The Labute approximate surface area is 141 Å². The van der Waals surface area contributed by atoms with Crippen LogP contribution in [0.25, 0.3) is 0 Å². The Morgan fingerprint density at radius 3 is 2.67 bits per heavy atom. The predicted molar refractivity (Wildman–Crippen MR) is 91.4 cm³/mol. The van der Waals surface area contributed by atoms with Gasteiger partial charge in [0.25, 0.3) is 0 Å². The third-order valence-corrected chi connectivity index (χ3v) is 4.27. The number of hydrogen-bond acceptors (Lipinski definition) is 6. The summed E-state index contributed by atoms with van der Waals surface area (Å²) >= 11 is 0. The summed E-state index contributed by atoms with van der Waals surface area (Å²) in [6.07, 6.45) is 7.67. The zero-order valence-corrected chi connectivity index (χ0v) is 14.2. The third-order valence-electron chi connectivity index (χ3n) is 4.27. The molecule has 1 aliphatic heterocycles. The molecule has 1 aliphatic rings. The summed E-state index contributed by atoms with van der Waals surface area (Å²) in [5.41, 5.74) is 2.04. The molecule has 1 fully saturated rings. The van der Waals surface area contributed by atoms with Gasteiger partial charge in [0.05, 0.1) is 6.04 Å². The Balaban J connectivity index is 1.70. The van der Waals surface area contributed by atoms with Crippen LogP contribution in [0.15, 0.2) is 36.9 Å². The maximum absolute atomic E-state index is 12.1. The number of hydrogen-bond donors (Lipinski definition) is 1. The summed E-state index contributed by atoms with van der Waals surface area (Å²) in [7, 11) is 5.66. The molecule has 1 saturated heterocycles. The molecule has 1 N–H and O–H groups in total. The molecule has 0 saturated carbocycles. The van der Waals surface area contributed by atoms with Crippen LogP contribution in [-0.2, 0) is 11.3 Å². The molecule has 0 bridgehead atoms. The van der Waals surface area contributed by atoms with Gasteiger partial charge in [-0.3, -0.25) is 9.78 Å². The smallest absolute Gasteiger partial charge is 0.224 e. The lowest BCUT2D eigenvalue weighted by Gasteiger charge is -2.25. The van der Waals surface area contributed by atoms with E-state index in [0.717, 1.165) is 11.1 Å². The van der Waals surface area contributed by atoms with E-state index in [9.17, 15) is 4.79 Å². The van der Waals surface area contributed by atoms with Crippen LogP contribution in [-0.4, -0.2) is 52.9 Å². The summed E-state index contributed by atoms with van der Waals surface area (Å²) in [6.45, 7) is 0.621. The monoisotopic (exact) mass is 326 g/mol. The van der Waals surface area contributed by atoms with Crippen molar-refractivity contribution in [1.82, 2.24) is 25.2 Å². The highest BCUT2D eigenvalue weighted by molar-refractivity contribution is 5.80. The van der Waals surface area contributed by atoms with Gasteiger partial charge in [-0.1, -0.05) is 6.07 Å². The highest BCUT2D eigenvalue weighted by Crippen LogP contribution is 2.31. The molecule has 7 nitrogen and oxygen atoms in total. The number of amides is 1. The third kappa shape index (κ3) is 3.35. The molecule has 2 aromatic heterocycles. The second kappa shape index (κ2) is 6.92. The lowest BCUT2D eigenvalue weighted by molar-refractivity contribution is -0.127. The summed E-state index contributed by atoms with van der Waals surface area (Å²) < 4.78 is 0. The van der Waals surface area contributed by atoms with E-state index in [1.165, 1.54) is 0 Å². The maximum Gasteiger partial charge on any atom is 0.224 e. The van der Waals surface area contributed by atoms with Gasteiger partial charge in [-0.15, -0.1) is 0 Å². The first-order chi connectivity index (χ1) is 11.6. The molecule has 1 amide bonds. The Bertz CT molecular complexity index is 688. The first-order valence-electron chi connectivity index (χ1n) is 7.93. The number of rotatable bonds is 5. The molecule has 2 atom stereocenters. The molecular formula is C17H22N6O. The van der Waals surface area contributed by atoms with E-state index in [1.54, 1.807) is 11.1 Å². The van der Waals surface area contributed by atoms with Crippen molar-refractivity contribution in [2.45, 2.75) is 25.0 Å². The van der Waals surface area contributed by atoms with Crippen LogP contribution in [0.1, 0.15) is 23.6 Å². The summed E-state index contributed by atoms with van der Waals surface area (Å²) in [4.78, 5) is 28.6. The topological polar surface area (TPSA) is 74.2 Å². The average Bonchev–Trinajstić information content (AvgIpc) is 2.88. The number of carbonyl (C=O) groups excluding carboxylic acids is 1. The van der Waals surface area contributed by atoms with Crippen molar-refractivity contribution in [2.24, 2.45) is 0 Å². The molecule has 0 aliphatic carbocycles. The first-order valence-corrected chi connectivity index (χ1v) is 7.93. The number of aromatic nitrogens is 3. The quantitative estimate of drug-likeness (QED) is 0.883. The molecular weight excluding hydrogens is 304 g/mol. The normalized spacial score (nSPS) is 20.5. The van der Waals surface area contributed by atoms with Gasteiger partial charge in [-0.2, -0.15) is 0 Å². The van der Waals surface area contributed by atoms with E-state index in [-0.39, 0.29) is 18.0 Å². The lowest BCUT2D eigenvalue weighted by Crippen LogP contribution is -2.34. The van der Waals surface area contributed by atoms with Crippen LogP contribution in [0, 0.1) is 0 Å². The number of pyridine rings is 1. The number of anilines is 1. The van der Waals surface area contributed by atoms with Gasteiger partial charge in [0.2, 0.25) is 11.9 Å². The van der Waals surface area contributed by atoms with Gasteiger partial charge in [0.15, 0.2) is 0 Å². The van der Waals surface area contributed by atoms with Crippen molar-refractivity contribution in [2.75, 3.05) is 26.0 Å². The molecule has 3 rings (SSSR count). The minimum atomic E-state index is -0.00633. The highest BCUT2D eigenvalue weighted by Gasteiger charge is 2.38. The molecule has 3 heterocycles. The van der Waals surface area contributed by atoms with Crippen molar-refractivity contribution in [3.05, 3.63) is 48.0 Å². The number of nitrogens with zero attached hydrogens (tertiary/aromatic N) is 5. The van der Waals surface area contributed by atoms with Crippen LogP contribution in [0.2, 0.25) is 0 Å². The van der Waals surface area contributed by atoms with Gasteiger partial charge >= 0.3 is 0 Å². The van der Waals surface area contributed by atoms with E-state index in [0.29, 0.717) is 18.9 Å². The zero-order chi connectivity index (χ0) is 17.1. The van der Waals surface area contributed by atoms with Gasteiger partial charge in [0, 0.05) is 70.5 Å². The van der Waals surface area contributed by atoms with Crippen molar-refractivity contribution < 1.29 is 4.79 Å². The minimum absolute atomic E-state index is 0.00633. The fraction of sp³-hybridized carbons (Fsp3) is 0.412. The van der Waals surface area contributed by atoms with Crippen LogP contribution in [0.5, 0.6) is 0 Å². The van der Waals surface area contributed by atoms with E-state index < -0.39 is 0 Å². The molecule has 24 heavy (non-hydrogen) atoms. The van der Waals surface area contributed by atoms with E-state index in [1.807, 2.05) is 56.8 Å². The molecule has 0 radical (unpaired) electrons. The minimum Gasteiger partial charge on any atom is -0.347 e. The number of likely N-dealkylation sites (N-methyl/N-ethyl adjacent to an activating group) is 1. The van der Waals surface area contributed by atoms with Gasteiger partial charge in [0.1, 0.15) is 0 Å². The standard InChI is InChI=1S/C17H22N6O/c1-22(2)17-20-9-12(10-21-17)8-19-14-7-15(24)23(3)16(14)13-5-4-6-18-11-13/h4-6,9-11,14,16,19H,7-8H2,1-3H3/t14-,16+/m1/s1. The summed E-state index contributed by atoms with van der Waals surface area (Å²) in [5.74, 6) is 0.823. The van der Waals surface area contributed by atoms with Crippen molar-refractivity contribution >= 4 is 11.9 Å². The van der Waals surface area contributed by atoms with Crippen LogP contribution < -0.4 is 10.2 Å². The van der Waals surface area contributed by atoms with Crippen LogP contribution in [0.3, 0.4) is 0 Å². The Morgan fingerprint density at radius 1 is 1.29 bits per heavy atom. The molecule has 2 aromatic rings. The molecule has 126 valence electrons. The molecule has 0 aromatic carbocycles. The van der Waals surface area contributed by atoms with Crippen LogP contribution in [0.4, 0.5) is 5.95 Å². The second-order valence-electron chi connectivity index (χ2n) is 6.21. The van der Waals surface area contributed by atoms with E-state index in [2.05, 4.69) is 20.3 Å². The summed E-state index contributed by atoms with van der Waals surface area (Å²) in [6, 6.07) is 3.95. The number of carbonyl (C=O) groups is 1. The Morgan fingerprint density at radius 2 is 2.04 bits per heavy atom. The van der Waals surface area contributed by atoms with Crippen LogP contribution >= 0.6 is 0 Å². The highest BCUT2D eigenvalue weighted by atomic mass is 16.2. The molecule has 7 heteroatoms. The van der Waals surface area contributed by atoms with Crippen molar-refractivity contribution in [1.29, 1.82) is 0 Å². The predicted octanol–water partition coefficient (Wildman–Crippen LogP) is 0.999. The van der Waals surface area contributed by atoms with E-state index >= 15 is 0 Å². The van der Waals surface area contributed by atoms with Gasteiger partial charge in [-0.05, 0) is 11.6 Å². The van der Waals surface area contributed by atoms with Crippen molar-refractivity contribution in [3.63, 3.8) is 0 Å². The molecule has 0 spiro atoms. The van der Waals surface area contributed by atoms with E-state index in [4.69, 9.17) is 0 Å². The molecule has 0 unspecified atom stereocenters. The Hall–Kier alpha value is -2.54. The SMILES string of the molecule is CN(C)c1ncc(CN[C@@H]2CC(=O)N(C)[C@H]2c2cccnc2)cn1. The second-order valence-corrected chi connectivity index (χ2v) is 6.21. The van der Waals surface area contributed by atoms with Crippen molar-refractivity contribution in [3.8, 4) is 0 Å². The fourth-order valence-corrected chi connectivity index (χ4v) is 2.98. The first kappa shape index (κ1) is 16.3. The van der Waals surface area contributed by atoms with Gasteiger partial charge < -0.3 is 15.1 Å². The Kier molecular flexibility index (Phi) is 4.71. The average molecular weight is 326 g/mol. The fourth-order valence-electron chi connectivity index (χ4n) is 2.98. The number of nitrogens with one attached hydrogen (secondary N) is 1.